The average Bonchev–Trinajstić information content (AvgIpc) is 2.80. The summed E-state index contributed by atoms with van der Waals surface area (Å²) >= 11 is 0. The van der Waals surface area contributed by atoms with Crippen molar-refractivity contribution in [3.8, 4) is 0 Å². The van der Waals surface area contributed by atoms with Crippen LogP contribution in [0, 0.1) is 19.7 Å². The number of benzene rings is 1. The fraction of sp³-hybridized carbons (Fsp3) is 0.368. The minimum Gasteiger partial charge on any atom is -0.383 e. The molecule has 0 saturated heterocycles. The number of nitrogens with one attached hydrogen (secondary N) is 1. The van der Waals surface area contributed by atoms with Gasteiger partial charge in [0.15, 0.2) is 5.78 Å². The second-order valence-corrected chi connectivity index (χ2v) is 5.95. The van der Waals surface area contributed by atoms with Crippen LogP contribution in [0.3, 0.4) is 0 Å². The first-order valence-corrected chi connectivity index (χ1v) is 8.09. The molecular weight excluding hydrogens is 323 g/mol. The molecule has 1 aromatic heterocycles. The van der Waals surface area contributed by atoms with Crippen LogP contribution >= 0.6 is 0 Å². The standard InChI is InChI=1S/C19H23FN2O3/c1-12-17(14(3)23)13(2)22(11-15-5-7-16(20)8-6-15)18(12)19(24)21-9-10-25-4/h5-8H,9-11H2,1-4H3,(H,21,24). The molecule has 25 heavy (non-hydrogen) atoms. The van der Waals surface area contributed by atoms with E-state index in [2.05, 4.69) is 5.32 Å². The number of Topliss-reactive ketones (excluding diaryl/α,β-unsaturated/α-hetero) is 1. The third-order valence-electron chi connectivity index (χ3n) is 4.18. The zero-order chi connectivity index (χ0) is 18.6. The van der Waals surface area contributed by atoms with Gasteiger partial charge in [0.2, 0.25) is 0 Å². The normalized spacial score (nSPS) is 10.8. The van der Waals surface area contributed by atoms with Crippen molar-refractivity contribution in [1.82, 2.24) is 9.88 Å². The van der Waals surface area contributed by atoms with E-state index in [9.17, 15) is 14.0 Å². The van der Waals surface area contributed by atoms with Gasteiger partial charge in [-0.3, -0.25) is 9.59 Å². The summed E-state index contributed by atoms with van der Waals surface area (Å²) in [6, 6.07) is 6.10. The molecule has 1 N–H and O–H groups in total. The van der Waals surface area contributed by atoms with Crippen LogP contribution in [0.15, 0.2) is 24.3 Å². The van der Waals surface area contributed by atoms with E-state index < -0.39 is 0 Å². The van der Waals surface area contributed by atoms with Crippen molar-refractivity contribution in [2.24, 2.45) is 0 Å². The van der Waals surface area contributed by atoms with Gasteiger partial charge in [-0.05, 0) is 44.0 Å². The van der Waals surface area contributed by atoms with Crippen LogP contribution < -0.4 is 5.32 Å². The smallest absolute Gasteiger partial charge is 0.268 e. The molecule has 1 amide bonds. The Balaban J connectivity index is 2.44. The fourth-order valence-corrected chi connectivity index (χ4v) is 3.03. The van der Waals surface area contributed by atoms with E-state index in [0.29, 0.717) is 36.5 Å². The number of amides is 1. The fourth-order valence-electron chi connectivity index (χ4n) is 3.03. The van der Waals surface area contributed by atoms with Crippen molar-refractivity contribution >= 4 is 11.7 Å². The van der Waals surface area contributed by atoms with Gasteiger partial charge in [-0.2, -0.15) is 0 Å². The largest absolute Gasteiger partial charge is 0.383 e. The van der Waals surface area contributed by atoms with Crippen molar-refractivity contribution in [2.75, 3.05) is 20.3 Å². The average molecular weight is 346 g/mol. The minimum atomic E-state index is -0.314. The Hall–Kier alpha value is -2.47. The van der Waals surface area contributed by atoms with Gasteiger partial charge in [-0.15, -0.1) is 0 Å². The van der Waals surface area contributed by atoms with Gasteiger partial charge in [0.05, 0.1) is 6.61 Å². The first kappa shape index (κ1) is 18.9. The van der Waals surface area contributed by atoms with E-state index in [1.807, 2.05) is 6.92 Å². The zero-order valence-corrected chi connectivity index (χ0v) is 15.0. The summed E-state index contributed by atoms with van der Waals surface area (Å²) in [7, 11) is 1.56. The molecule has 0 aliphatic heterocycles. The van der Waals surface area contributed by atoms with E-state index in [-0.39, 0.29) is 17.5 Å². The number of halogens is 1. The van der Waals surface area contributed by atoms with E-state index in [0.717, 1.165) is 11.3 Å². The highest BCUT2D eigenvalue weighted by Gasteiger charge is 2.24. The van der Waals surface area contributed by atoms with Gasteiger partial charge in [-0.1, -0.05) is 12.1 Å². The number of carbonyl (C=O) groups excluding carboxylic acids is 2. The summed E-state index contributed by atoms with van der Waals surface area (Å²) < 4.78 is 19.9. The van der Waals surface area contributed by atoms with Gasteiger partial charge in [-0.25, -0.2) is 4.39 Å². The molecule has 2 rings (SSSR count). The maximum atomic E-state index is 13.1. The molecule has 5 nitrogen and oxygen atoms in total. The number of rotatable bonds is 7. The monoisotopic (exact) mass is 346 g/mol. The SMILES string of the molecule is COCCNC(=O)c1c(C)c(C(C)=O)c(C)n1Cc1ccc(F)cc1. The second kappa shape index (κ2) is 8.07. The Morgan fingerprint density at radius 2 is 1.84 bits per heavy atom. The number of ketones is 1. The number of carbonyl (C=O) groups is 2. The van der Waals surface area contributed by atoms with Crippen LogP contribution in [0.2, 0.25) is 0 Å². The van der Waals surface area contributed by atoms with Crippen LogP contribution in [0.4, 0.5) is 4.39 Å². The van der Waals surface area contributed by atoms with Crippen LogP contribution in [0.25, 0.3) is 0 Å². The topological polar surface area (TPSA) is 60.3 Å². The lowest BCUT2D eigenvalue weighted by molar-refractivity contribution is 0.0927. The quantitative estimate of drug-likeness (QED) is 0.619. The Morgan fingerprint density at radius 3 is 2.40 bits per heavy atom. The Morgan fingerprint density at radius 1 is 1.20 bits per heavy atom. The number of hydrogen-bond donors (Lipinski definition) is 1. The summed E-state index contributed by atoms with van der Waals surface area (Å²) in [6.45, 7) is 6.25. The molecular formula is C19H23FN2O3. The minimum absolute atomic E-state index is 0.0844. The molecule has 1 aromatic carbocycles. The van der Waals surface area contributed by atoms with E-state index in [4.69, 9.17) is 4.74 Å². The molecule has 0 aliphatic carbocycles. The third kappa shape index (κ3) is 4.14. The Labute approximate surface area is 146 Å². The van der Waals surface area contributed by atoms with Gasteiger partial charge < -0.3 is 14.6 Å². The van der Waals surface area contributed by atoms with Crippen molar-refractivity contribution in [3.63, 3.8) is 0 Å². The Bertz CT molecular complexity index is 779. The van der Waals surface area contributed by atoms with Crippen molar-refractivity contribution in [1.29, 1.82) is 0 Å². The number of methoxy groups -OCH3 is 1. The summed E-state index contributed by atoms with van der Waals surface area (Å²) in [5, 5.41) is 2.80. The summed E-state index contributed by atoms with van der Waals surface area (Å²) in [6.07, 6.45) is 0. The number of ether oxygens (including phenoxy) is 1. The van der Waals surface area contributed by atoms with Gasteiger partial charge in [0, 0.05) is 31.5 Å². The van der Waals surface area contributed by atoms with Crippen LogP contribution in [0.1, 0.15) is 44.6 Å². The highest BCUT2D eigenvalue weighted by molar-refractivity contribution is 6.02. The van der Waals surface area contributed by atoms with Crippen LogP contribution in [-0.2, 0) is 11.3 Å². The van der Waals surface area contributed by atoms with E-state index in [1.165, 1.54) is 19.1 Å². The lowest BCUT2D eigenvalue weighted by Gasteiger charge is -2.13. The van der Waals surface area contributed by atoms with Gasteiger partial charge in [0.25, 0.3) is 5.91 Å². The highest BCUT2D eigenvalue weighted by Crippen LogP contribution is 2.24. The molecule has 134 valence electrons. The van der Waals surface area contributed by atoms with Crippen molar-refractivity contribution < 1.29 is 18.7 Å². The first-order chi connectivity index (χ1) is 11.9. The molecule has 0 fully saturated rings. The zero-order valence-electron chi connectivity index (χ0n) is 15.0. The van der Waals surface area contributed by atoms with Crippen molar-refractivity contribution in [2.45, 2.75) is 27.3 Å². The number of aromatic nitrogens is 1. The van der Waals surface area contributed by atoms with E-state index in [1.54, 1.807) is 30.7 Å². The molecule has 0 atom stereocenters. The molecule has 0 saturated carbocycles. The van der Waals surface area contributed by atoms with Gasteiger partial charge in [0.1, 0.15) is 11.5 Å². The Kier molecular flexibility index (Phi) is 6.09. The third-order valence-corrected chi connectivity index (χ3v) is 4.18. The summed E-state index contributed by atoms with van der Waals surface area (Å²) in [4.78, 5) is 24.7. The van der Waals surface area contributed by atoms with Gasteiger partial charge >= 0.3 is 0 Å². The maximum absolute atomic E-state index is 13.1. The van der Waals surface area contributed by atoms with Crippen LogP contribution in [0.5, 0.6) is 0 Å². The van der Waals surface area contributed by atoms with E-state index >= 15 is 0 Å². The molecule has 0 unspecified atom stereocenters. The first-order valence-electron chi connectivity index (χ1n) is 8.09. The van der Waals surface area contributed by atoms with Crippen LogP contribution in [-0.4, -0.2) is 36.5 Å². The molecule has 0 spiro atoms. The maximum Gasteiger partial charge on any atom is 0.268 e. The molecule has 2 aromatic rings. The number of hydrogen-bond acceptors (Lipinski definition) is 3. The van der Waals surface area contributed by atoms with Crippen molar-refractivity contribution in [3.05, 3.63) is 58.2 Å². The summed E-state index contributed by atoms with van der Waals surface area (Å²) in [5.41, 5.74) is 3.23. The summed E-state index contributed by atoms with van der Waals surface area (Å²) in [5.74, 6) is -0.655. The predicted molar refractivity (Wildman–Crippen MR) is 93.6 cm³/mol. The molecule has 6 heteroatoms. The second-order valence-electron chi connectivity index (χ2n) is 5.95. The lowest BCUT2D eigenvalue weighted by Crippen LogP contribution is -2.29. The molecule has 1 heterocycles. The lowest BCUT2D eigenvalue weighted by atomic mass is 10.1. The molecule has 0 radical (unpaired) electrons. The molecule has 0 aliphatic rings. The molecule has 0 bridgehead atoms. The predicted octanol–water partition coefficient (Wildman–Crippen LogP) is 2.87. The number of nitrogens with zero attached hydrogens (tertiary/aromatic N) is 1. The highest BCUT2D eigenvalue weighted by atomic mass is 19.1.